The lowest BCUT2D eigenvalue weighted by atomic mass is 10.1. The van der Waals surface area contributed by atoms with Gasteiger partial charge in [0.2, 0.25) is 0 Å². The molecule has 2 aromatic rings. The Morgan fingerprint density at radius 3 is 2.79 bits per heavy atom. The number of hydrogen-bond acceptors (Lipinski definition) is 3. The van der Waals surface area contributed by atoms with Crippen LogP contribution in [0.2, 0.25) is 5.02 Å². The van der Waals surface area contributed by atoms with Crippen LogP contribution in [0.1, 0.15) is 24.2 Å². The van der Waals surface area contributed by atoms with Gasteiger partial charge in [-0.3, -0.25) is 4.98 Å². The number of nitrogens with two attached hydrogens (primary N) is 1. The summed E-state index contributed by atoms with van der Waals surface area (Å²) in [7, 11) is 0. The first kappa shape index (κ1) is 14.3. The number of rotatable bonds is 4. The average Bonchev–Trinajstić information content (AvgIpc) is 2.39. The van der Waals surface area contributed by atoms with Crippen molar-refractivity contribution in [3.8, 4) is 5.75 Å². The Bertz CT molecular complexity index is 558. The van der Waals surface area contributed by atoms with Crippen LogP contribution in [0.15, 0.2) is 41.0 Å². The maximum absolute atomic E-state index is 5.97. The number of aromatic nitrogens is 1. The van der Waals surface area contributed by atoms with Crippen molar-refractivity contribution in [1.29, 1.82) is 0 Å². The van der Waals surface area contributed by atoms with E-state index in [1.807, 2.05) is 31.2 Å². The second-order valence-corrected chi connectivity index (χ2v) is 5.58. The third kappa shape index (κ3) is 3.93. The highest BCUT2D eigenvalue weighted by atomic mass is 79.9. The van der Waals surface area contributed by atoms with Gasteiger partial charge in [-0.1, -0.05) is 11.6 Å². The standard InChI is InChI=1S/C14H14BrClN2O/c1-9(17)13-6-11(16)3-5-14(13)19-8-12-4-2-10(15)7-18-12/h2-7,9H,8,17H2,1H3/t9-/m0/s1. The molecule has 0 radical (unpaired) electrons. The summed E-state index contributed by atoms with van der Waals surface area (Å²) in [5.41, 5.74) is 7.66. The fourth-order valence-corrected chi connectivity index (χ4v) is 2.07. The van der Waals surface area contributed by atoms with Gasteiger partial charge in [-0.15, -0.1) is 0 Å². The molecule has 19 heavy (non-hydrogen) atoms. The van der Waals surface area contributed by atoms with Gasteiger partial charge in [-0.2, -0.15) is 0 Å². The van der Waals surface area contributed by atoms with Crippen LogP contribution < -0.4 is 10.5 Å². The zero-order valence-corrected chi connectivity index (χ0v) is 12.8. The molecule has 0 saturated carbocycles. The van der Waals surface area contributed by atoms with Gasteiger partial charge >= 0.3 is 0 Å². The van der Waals surface area contributed by atoms with Crippen LogP contribution in [0.3, 0.4) is 0 Å². The SMILES string of the molecule is C[C@H](N)c1cc(Cl)ccc1OCc1ccc(Br)cn1. The highest BCUT2D eigenvalue weighted by Crippen LogP contribution is 2.27. The molecular weight excluding hydrogens is 328 g/mol. The number of pyridine rings is 1. The van der Waals surface area contributed by atoms with Crippen LogP contribution in [0.4, 0.5) is 0 Å². The molecule has 0 fully saturated rings. The molecule has 3 nitrogen and oxygen atoms in total. The third-order valence-corrected chi connectivity index (χ3v) is 3.33. The molecule has 2 rings (SSSR count). The quantitative estimate of drug-likeness (QED) is 0.911. The van der Waals surface area contributed by atoms with Crippen molar-refractivity contribution in [3.63, 3.8) is 0 Å². The average molecular weight is 342 g/mol. The Morgan fingerprint density at radius 2 is 2.16 bits per heavy atom. The van der Waals surface area contributed by atoms with Crippen LogP contribution in [0.25, 0.3) is 0 Å². The topological polar surface area (TPSA) is 48.1 Å². The van der Waals surface area contributed by atoms with E-state index in [2.05, 4.69) is 20.9 Å². The number of benzene rings is 1. The second kappa shape index (κ2) is 6.37. The summed E-state index contributed by atoms with van der Waals surface area (Å²) in [6, 6.07) is 9.16. The van der Waals surface area contributed by atoms with E-state index >= 15 is 0 Å². The van der Waals surface area contributed by atoms with Crippen molar-refractivity contribution in [2.45, 2.75) is 19.6 Å². The number of halogens is 2. The largest absolute Gasteiger partial charge is 0.487 e. The minimum absolute atomic E-state index is 0.133. The van der Waals surface area contributed by atoms with E-state index in [4.69, 9.17) is 22.1 Å². The summed E-state index contributed by atoms with van der Waals surface area (Å²) in [5.74, 6) is 0.740. The molecule has 1 aromatic carbocycles. The highest BCUT2D eigenvalue weighted by molar-refractivity contribution is 9.10. The van der Waals surface area contributed by atoms with Crippen molar-refractivity contribution in [2.24, 2.45) is 5.73 Å². The van der Waals surface area contributed by atoms with E-state index in [0.29, 0.717) is 11.6 Å². The minimum atomic E-state index is -0.133. The van der Waals surface area contributed by atoms with E-state index in [-0.39, 0.29) is 6.04 Å². The molecule has 0 spiro atoms. The Labute approximate surface area is 125 Å². The molecule has 100 valence electrons. The number of nitrogens with zero attached hydrogens (tertiary/aromatic N) is 1. The lowest BCUT2D eigenvalue weighted by Gasteiger charge is -2.14. The van der Waals surface area contributed by atoms with Crippen molar-refractivity contribution < 1.29 is 4.74 Å². The van der Waals surface area contributed by atoms with Gasteiger partial charge in [0, 0.05) is 27.3 Å². The number of hydrogen-bond donors (Lipinski definition) is 1. The van der Waals surface area contributed by atoms with Crippen molar-refractivity contribution in [2.75, 3.05) is 0 Å². The molecule has 0 unspecified atom stereocenters. The molecular formula is C14H14BrClN2O. The summed E-state index contributed by atoms with van der Waals surface area (Å²) < 4.78 is 6.71. The normalized spacial score (nSPS) is 12.2. The van der Waals surface area contributed by atoms with E-state index in [1.54, 1.807) is 12.3 Å². The monoisotopic (exact) mass is 340 g/mol. The van der Waals surface area contributed by atoms with Crippen LogP contribution >= 0.6 is 27.5 Å². The zero-order valence-electron chi connectivity index (χ0n) is 10.4. The lowest BCUT2D eigenvalue weighted by molar-refractivity contribution is 0.296. The summed E-state index contributed by atoms with van der Waals surface area (Å²) in [6.07, 6.45) is 1.74. The van der Waals surface area contributed by atoms with Crippen LogP contribution in [-0.2, 0) is 6.61 Å². The van der Waals surface area contributed by atoms with Gasteiger partial charge < -0.3 is 10.5 Å². The van der Waals surface area contributed by atoms with Crippen molar-refractivity contribution in [1.82, 2.24) is 4.98 Å². The fraction of sp³-hybridized carbons (Fsp3) is 0.214. The molecule has 0 amide bonds. The summed E-state index contributed by atoms with van der Waals surface area (Å²) >= 11 is 9.31. The molecule has 0 aliphatic carbocycles. The lowest BCUT2D eigenvalue weighted by Crippen LogP contribution is -2.08. The second-order valence-electron chi connectivity index (χ2n) is 4.23. The predicted molar refractivity (Wildman–Crippen MR) is 80.3 cm³/mol. The first-order valence-corrected chi connectivity index (χ1v) is 7.01. The first-order valence-electron chi connectivity index (χ1n) is 5.84. The predicted octanol–water partition coefficient (Wildman–Crippen LogP) is 4.10. The molecule has 5 heteroatoms. The van der Waals surface area contributed by atoms with Crippen LogP contribution in [-0.4, -0.2) is 4.98 Å². The van der Waals surface area contributed by atoms with Gasteiger partial charge in [0.1, 0.15) is 12.4 Å². The van der Waals surface area contributed by atoms with Gasteiger partial charge in [0.05, 0.1) is 5.69 Å². The molecule has 1 aromatic heterocycles. The van der Waals surface area contributed by atoms with E-state index in [9.17, 15) is 0 Å². The van der Waals surface area contributed by atoms with E-state index < -0.39 is 0 Å². The van der Waals surface area contributed by atoms with Crippen molar-refractivity contribution in [3.05, 3.63) is 57.3 Å². The minimum Gasteiger partial charge on any atom is -0.487 e. The van der Waals surface area contributed by atoms with Crippen LogP contribution in [0.5, 0.6) is 5.75 Å². The molecule has 0 aliphatic rings. The molecule has 1 atom stereocenters. The summed E-state index contributed by atoms with van der Waals surface area (Å²) in [4.78, 5) is 4.26. The van der Waals surface area contributed by atoms with Gasteiger partial charge in [-0.25, -0.2) is 0 Å². The molecule has 0 aliphatic heterocycles. The maximum Gasteiger partial charge on any atom is 0.130 e. The van der Waals surface area contributed by atoms with E-state index in [1.165, 1.54) is 0 Å². The molecule has 0 bridgehead atoms. The first-order chi connectivity index (χ1) is 9.06. The Balaban J connectivity index is 2.13. The number of ether oxygens (including phenoxy) is 1. The van der Waals surface area contributed by atoms with Crippen molar-refractivity contribution >= 4 is 27.5 Å². The highest BCUT2D eigenvalue weighted by Gasteiger charge is 2.09. The Kier molecular flexibility index (Phi) is 4.80. The Hall–Kier alpha value is -1.10. The van der Waals surface area contributed by atoms with Gasteiger partial charge in [0.25, 0.3) is 0 Å². The van der Waals surface area contributed by atoms with Crippen LogP contribution in [0, 0.1) is 0 Å². The zero-order chi connectivity index (χ0) is 13.8. The third-order valence-electron chi connectivity index (χ3n) is 2.63. The maximum atomic E-state index is 5.97. The summed E-state index contributed by atoms with van der Waals surface area (Å²) in [5, 5.41) is 0.654. The van der Waals surface area contributed by atoms with Gasteiger partial charge in [0.15, 0.2) is 0 Å². The van der Waals surface area contributed by atoms with E-state index in [0.717, 1.165) is 21.5 Å². The summed E-state index contributed by atoms with van der Waals surface area (Å²) in [6.45, 7) is 2.30. The Morgan fingerprint density at radius 1 is 1.37 bits per heavy atom. The molecule has 1 heterocycles. The fourth-order valence-electron chi connectivity index (χ4n) is 1.65. The molecule has 2 N–H and O–H groups in total. The smallest absolute Gasteiger partial charge is 0.130 e. The van der Waals surface area contributed by atoms with Gasteiger partial charge in [-0.05, 0) is 53.2 Å². The molecule has 0 saturated heterocycles.